The lowest BCUT2D eigenvalue weighted by atomic mass is 10.2. The Morgan fingerprint density at radius 3 is 2.50 bits per heavy atom. The van der Waals surface area contributed by atoms with Crippen LogP contribution in [-0.4, -0.2) is 30.4 Å². The number of hydrogen-bond acceptors (Lipinski definition) is 3. The van der Waals surface area contributed by atoms with Gasteiger partial charge in [-0.05, 0) is 37.1 Å². The van der Waals surface area contributed by atoms with E-state index in [0.717, 1.165) is 17.4 Å². The topological polar surface area (TPSA) is 59.4 Å². The number of rotatable bonds is 4. The van der Waals surface area contributed by atoms with E-state index in [1.165, 1.54) is 40.8 Å². The first-order chi connectivity index (χ1) is 11.4. The molecule has 5 nitrogen and oxygen atoms in total. The average molecular weight is 371 g/mol. The molecule has 0 amide bonds. The van der Waals surface area contributed by atoms with Crippen LogP contribution >= 0.6 is 11.6 Å². The number of hydrogen-bond donors (Lipinski definition) is 0. The molecule has 24 heavy (non-hydrogen) atoms. The van der Waals surface area contributed by atoms with Crippen molar-refractivity contribution in [1.82, 2.24) is 8.87 Å². The van der Waals surface area contributed by atoms with Gasteiger partial charge in [0.2, 0.25) is 10.0 Å². The van der Waals surface area contributed by atoms with E-state index in [0.29, 0.717) is 13.1 Å². The summed E-state index contributed by atoms with van der Waals surface area (Å²) < 4.78 is 41.6. The highest BCUT2D eigenvalue weighted by atomic mass is 35.5. The second kappa shape index (κ2) is 6.66. The fraction of sp³-hybridized carbons (Fsp3) is 0.312. The Kier molecular flexibility index (Phi) is 4.76. The number of benzene rings is 1. The molecular weight excluding hydrogens is 355 g/mol. The summed E-state index contributed by atoms with van der Waals surface area (Å²) in [4.78, 5) is 12.3. The van der Waals surface area contributed by atoms with Crippen molar-refractivity contribution in [2.75, 3.05) is 13.1 Å². The van der Waals surface area contributed by atoms with Crippen molar-refractivity contribution in [3.63, 3.8) is 0 Å². The number of aromatic nitrogens is 1. The summed E-state index contributed by atoms with van der Waals surface area (Å²) in [6, 6.07) is 7.00. The quantitative estimate of drug-likeness (QED) is 0.830. The van der Waals surface area contributed by atoms with E-state index >= 15 is 0 Å². The molecule has 1 aliphatic rings. The molecule has 1 aliphatic heterocycles. The maximum absolute atomic E-state index is 13.9. The van der Waals surface area contributed by atoms with Crippen molar-refractivity contribution in [2.45, 2.75) is 24.3 Å². The molecular formula is C16H16ClFN2O3S. The van der Waals surface area contributed by atoms with Gasteiger partial charge in [-0.2, -0.15) is 4.31 Å². The van der Waals surface area contributed by atoms with Crippen LogP contribution in [0.15, 0.2) is 46.2 Å². The maximum atomic E-state index is 13.9. The van der Waals surface area contributed by atoms with E-state index in [1.807, 2.05) is 0 Å². The van der Waals surface area contributed by atoms with Gasteiger partial charge in [0.05, 0.1) is 6.54 Å². The van der Waals surface area contributed by atoms with E-state index in [4.69, 9.17) is 11.6 Å². The van der Waals surface area contributed by atoms with E-state index in [-0.39, 0.29) is 22.0 Å². The molecule has 1 saturated heterocycles. The van der Waals surface area contributed by atoms with E-state index in [2.05, 4.69) is 0 Å². The first kappa shape index (κ1) is 17.1. The van der Waals surface area contributed by atoms with Crippen LogP contribution in [0, 0.1) is 5.82 Å². The third-order valence-corrected chi connectivity index (χ3v) is 6.32. The summed E-state index contributed by atoms with van der Waals surface area (Å²) in [5.41, 5.74) is -0.527. The molecule has 128 valence electrons. The van der Waals surface area contributed by atoms with Crippen LogP contribution in [0.3, 0.4) is 0 Å². The average Bonchev–Trinajstić information content (AvgIpc) is 3.07. The molecule has 1 aromatic heterocycles. The van der Waals surface area contributed by atoms with Gasteiger partial charge in [0.15, 0.2) is 0 Å². The molecule has 1 aromatic carbocycles. The number of halogens is 2. The highest BCUT2D eigenvalue weighted by Gasteiger charge is 2.29. The molecule has 0 radical (unpaired) electrons. The smallest absolute Gasteiger partial charge is 0.271 e. The molecule has 0 bridgehead atoms. The summed E-state index contributed by atoms with van der Waals surface area (Å²) in [6.07, 6.45) is 2.99. The van der Waals surface area contributed by atoms with Crippen LogP contribution in [0.1, 0.15) is 18.4 Å². The van der Waals surface area contributed by atoms with Gasteiger partial charge in [-0.15, -0.1) is 0 Å². The number of nitrogens with zero attached hydrogens (tertiary/aromatic N) is 2. The highest BCUT2D eigenvalue weighted by Crippen LogP contribution is 2.21. The van der Waals surface area contributed by atoms with Crippen LogP contribution in [0.4, 0.5) is 4.39 Å². The molecule has 1 fully saturated rings. The molecule has 0 unspecified atom stereocenters. The van der Waals surface area contributed by atoms with Crippen molar-refractivity contribution in [3.8, 4) is 0 Å². The number of pyridine rings is 1. The maximum Gasteiger partial charge on any atom is 0.271 e. The second-order valence-electron chi connectivity index (χ2n) is 5.62. The Morgan fingerprint density at radius 1 is 1.12 bits per heavy atom. The molecule has 0 spiro atoms. The van der Waals surface area contributed by atoms with Crippen LogP contribution in [-0.2, 0) is 16.6 Å². The van der Waals surface area contributed by atoms with Gasteiger partial charge in [0, 0.05) is 29.9 Å². The molecule has 8 heteroatoms. The number of sulfonamides is 1. The van der Waals surface area contributed by atoms with Gasteiger partial charge in [0.1, 0.15) is 10.7 Å². The van der Waals surface area contributed by atoms with Gasteiger partial charge >= 0.3 is 0 Å². The molecule has 2 heterocycles. The monoisotopic (exact) mass is 370 g/mol. The van der Waals surface area contributed by atoms with Gasteiger partial charge < -0.3 is 4.57 Å². The fourth-order valence-electron chi connectivity index (χ4n) is 2.76. The SMILES string of the molecule is O=c1c(S(=O)(=O)N2CCCC2)cccn1Cc1c(F)cccc1Cl. The molecule has 0 N–H and O–H groups in total. The fourth-order valence-corrected chi connectivity index (χ4v) is 4.59. The zero-order chi connectivity index (χ0) is 17.3. The lowest BCUT2D eigenvalue weighted by Crippen LogP contribution is -2.34. The van der Waals surface area contributed by atoms with Crippen LogP contribution in [0.2, 0.25) is 5.02 Å². The Morgan fingerprint density at radius 2 is 1.83 bits per heavy atom. The van der Waals surface area contributed by atoms with Gasteiger partial charge in [-0.3, -0.25) is 4.79 Å². The lowest BCUT2D eigenvalue weighted by molar-refractivity contribution is 0.475. The highest BCUT2D eigenvalue weighted by molar-refractivity contribution is 7.89. The van der Waals surface area contributed by atoms with E-state index in [1.54, 1.807) is 0 Å². The van der Waals surface area contributed by atoms with Gasteiger partial charge in [0.25, 0.3) is 5.56 Å². The summed E-state index contributed by atoms with van der Waals surface area (Å²) in [5.74, 6) is -0.540. The zero-order valence-electron chi connectivity index (χ0n) is 12.8. The normalized spacial score (nSPS) is 15.8. The Bertz CT molecular complexity index is 901. The van der Waals surface area contributed by atoms with Crippen molar-refractivity contribution in [3.05, 3.63) is 63.3 Å². The summed E-state index contributed by atoms with van der Waals surface area (Å²) in [7, 11) is -3.83. The van der Waals surface area contributed by atoms with E-state index in [9.17, 15) is 17.6 Å². The summed E-state index contributed by atoms with van der Waals surface area (Å²) >= 11 is 5.98. The van der Waals surface area contributed by atoms with E-state index < -0.39 is 21.4 Å². The molecule has 3 rings (SSSR count). The van der Waals surface area contributed by atoms with Gasteiger partial charge in [-0.25, -0.2) is 12.8 Å². The standard InChI is InChI=1S/C16H16ClFN2O3S/c17-13-5-3-6-14(18)12(13)11-19-8-4-7-15(16(19)21)24(22,23)20-9-1-2-10-20/h3-8H,1-2,9-11H2. The van der Waals surface area contributed by atoms with Crippen LogP contribution < -0.4 is 5.56 Å². The Labute approximate surface area is 144 Å². The van der Waals surface area contributed by atoms with Crippen LogP contribution in [0.25, 0.3) is 0 Å². The molecule has 0 aliphatic carbocycles. The third-order valence-electron chi connectivity index (χ3n) is 4.06. The van der Waals surface area contributed by atoms with Crippen molar-refractivity contribution in [2.24, 2.45) is 0 Å². The predicted molar refractivity (Wildman–Crippen MR) is 89.2 cm³/mol. The summed E-state index contributed by atoms with van der Waals surface area (Å²) in [6.45, 7) is 0.694. The first-order valence-corrected chi connectivity index (χ1v) is 9.35. The van der Waals surface area contributed by atoms with Crippen molar-refractivity contribution >= 4 is 21.6 Å². The Hall–Kier alpha value is -1.70. The largest absolute Gasteiger partial charge is 0.310 e. The van der Waals surface area contributed by atoms with Crippen molar-refractivity contribution < 1.29 is 12.8 Å². The van der Waals surface area contributed by atoms with Gasteiger partial charge in [-0.1, -0.05) is 17.7 Å². The lowest BCUT2D eigenvalue weighted by Gasteiger charge is -2.16. The minimum atomic E-state index is -3.83. The minimum absolute atomic E-state index is 0.131. The summed E-state index contributed by atoms with van der Waals surface area (Å²) in [5, 5.41) is 0.190. The zero-order valence-corrected chi connectivity index (χ0v) is 14.4. The molecule has 2 aromatic rings. The van der Waals surface area contributed by atoms with Crippen LogP contribution in [0.5, 0.6) is 0 Å². The Balaban J connectivity index is 2.02. The molecule has 0 saturated carbocycles. The predicted octanol–water partition coefficient (Wildman–Crippen LogP) is 2.47. The minimum Gasteiger partial charge on any atom is -0.310 e. The third kappa shape index (κ3) is 3.11. The second-order valence-corrected chi connectivity index (χ2v) is 7.93. The van der Waals surface area contributed by atoms with Crippen molar-refractivity contribution in [1.29, 1.82) is 0 Å². The molecule has 0 atom stereocenters. The first-order valence-electron chi connectivity index (χ1n) is 7.54.